The van der Waals surface area contributed by atoms with Gasteiger partial charge in [-0.1, -0.05) is 17.4 Å². The molecule has 0 atom stereocenters. The smallest absolute Gasteiger partial charge is 0.329 e. The van der Waals surface area contributed by atoms with Crippen molar-refractivity contribution in [3.63, 3.8) is 0 Å². The molecule has 4 N–H and O–H groups in total. The molecule has 1 saturated heterocycles. The summed E-state index contributed by atoms with van der Waals surface area (Å²) in [7, 11) is -2.12. The van der Waals surface area contributed by atoms with Crippen LogP contribution < -0.4 is 25.6 Å². The quantitative estimate of drug-likeness (QED) is 0.270. The minimum Gasteiger partial charge on any atom is -0.345 e. The van der Waals surface area contributed by atoms with Gasteiger partial charge in [-0.2, -0.15) is 5.10 Å². The van der Waals surface area contributed by atoms with Crippen LogP contribution in [-0.2, 0) is 21.4 Å². The molecule has 212 valence electrons. The standard InChI is InChI=1S/C24H23FN10O4S2/c1-13-21(20-17(25)11-27-22(31-20)29-14-4-3-5-16(10-14)41(26,38)39)40-24(28-13)34(2)12-15-6-7-18(33-32-15)35-9-8-19(36)30-23(35)37/h3-7,10-11H,8-9,12H2,1-2H3,(H2,26,38,39)(H,27,29,31)(H,30,36,37). The van der Waals surface area contributed by atoms with Crippen molar-refractivity contribution in [3.8, 4) is 10.6 Å². The number of imide groups is 1. The summed E-state index contributed by atoms with van der Waals surface area (Å²) in [4.78, 5) is 39.8. The maximum atomic E-state index is 14.8. The Morgan fingerprint density at radius 3 is 2.71 bits per heavy atom. The Balaban J connectivity index is 1.32. The van der Waals surface area contributed by atoms with Gasteiger partial charge in [-0.15, -0.1) is 5.10 Å². The van der Waals surface area contributed by atoms with E-state index in [9.17, 15) is 22.4 Å². The molecule has 0 saturated carbocycles. The van der Waals surface area contributed by atoms with Gasteiger partial charge in [-0.05, 0) is 37.3 Å². The number of benzene rings is 1. The van der Waals surface area contributed by atoms with Gasteiger partial charge in [0.05, 0.1) is 33.9 Å². The van der Waals surface area contributed by atoms with Crippen molar-refractivity contribution in [3.05, 3.63) is 59.8 Å². The van der Waals surface area contributed by atoms with E-state index in [4.69, 9.17) is 5.14 Å². The molecule has 4 heterocycles. The predicted molar refractivity (Wildman–Crippen MR) is 149 cm³/mol. The molecule has 0 spiro atoms. The molecular formula is C24H23FN10O4S2. The number of carbonyl (C=O) groups excluding carboxylic acids is 2. The highest BCUT2D eigenvalue weighted by Crippen LogP contribution is 2.35. The predicted octanol–water partition coefficient (Wildman–Crippen LogP) is 2.31. The zero-order valence-corrected chi connectivity index (χ0v) is 23.3. The molecule has 1 aliphatic rings. The maximum absolute atomic E-state index is 14.8. The molecule has 17 heteroatoms. The van der Waals surface area contributed by atoms with Gasteiger partial charge in [0.2, 0.25) is 21.9 Å². The Kier molecular flexibility index (Phi) is 7.57. The van der Waals surface area contributed by atoms with Crippen LogP contribution in [0.25, 0.3) is 10.6 Å². The van der Waals surface area contributed by atoms with Crippen molar-refractivity contribution in [1.29, 1.82) is 0 Å². The van der Waals surface area contributed by atoms with E-state index in [1.54, 1.807) is 32.2 Å². The van der Waals surface area contributed by atoms with E-state index < -0.39 is 21.9 Å². The topological polar surface area (TPSA) is 189 Å². The molecule has 3 amide bonds. The number of halogens is 1. The van der Waals surface area contributed by atoms with E-state index in [0.29, 0.717) is 39.4 Å². The van der Waals surface area contributed by atoms with Crippen molar-refractivity contribution < 1.29 is 22.4 Å². The number of aryl methyl sites for hydroxylation is 1. The summed E-state index contributed by atoms with van der Waals surface area (Å²) in [6, 6.07) is 8.61. The summed E-state index contributed by atoms with van der Waals surface area (Å²) >= 11 is 1.22. The van der Waals surface area contributed by atoms with E-state index in [2.05, 4.69) is 35.8 Å². The normalized spacial score (nSPS) is 13.7. The number of sulfonamides is 1. The van der Waals surface area contributed by atoms with Crippen LogP contribution in [0.3, 0.4) is 0 Å². The van der Waals surface area contributed by atoms with Crippen LogP contribution in [0.1, 0.15) is 17.8 Å². The minimum absolute atomic E-state index is 0.0298. The molecular weight excluding hydrogens is 575 g/mol. The number of primary sulfonamides is 1. The van der Waals surface area contributed by atoms with Crippen LogP contribution in [-0.4, -0.2) is 59.1 Å². The summed E-state index contributed by atoms with van der Waals surface area (Å²) in [6.07, 6.45) is 1.20. The Hall–Kier alpha value is -4.61. The lowest BCUT2D eigenvalue weighted by molar-refractivity contribution is -0.120. The second-order valence-electron chi connectivity index (χ2n) is 8.99. The Bertz CT molecular complexity index is 1750. The molecule has 0 radical (unpaired) electrons. The van der Waals surface area contributed by atoms with E-state index in [1.165, 1.54) is 34.4 Å². The molecule has 3 aromatic heterocycles. The Morgan fingerprint density at radius 1 is 1.20 bits per heavy atom. The van der Waals surface area contributed by atoms with Gasteiger partial charge in [0.25, 0.3) is 0 Å². The third-order valence-corrected chi connectivity index (χ3v) is 8.11. The molecule has 4 aromatic rings. The van der Waals surface area contributed by atoms with Gasteiger partial charge in [-0.25, -0.2) is 37.7 Å². The minimum atomic E-state index is -3.91. The molecule has 1 fully saturated rings. The number of carbonyl (C=O) groups is 2. The lowest BCUT2D eigenvalue weighted by atomic mass is 10.3. The zero-order chi connectivity index (χ0) is 29.3. The first-order valence-corrected chi connectivity index (χ1v) is 14.4. The van der Waals surface area contributed by atoms with Gasteiger partial charge >= 0.3 is 6.03 Å². The molecule has 0 aliphatic carbocycles. The average Bonchev–Trinajstić information content (AvgIpc) is 3.31. The number of aromatic nitrogens is 5. The monoisotopic (exact) mass is 598 g/mol. The van der Waals surface area contributed by atoms with Crippen molar-refractivity contribution >= 4 is 55.9 Å². The number of anilines is 4. The molecule has 41 heavy (non-hydrogen) atoms. The van der Waals surface area contributed by atoms with Crippen molar-refractivity contribution in [1.82, 2.24) is 30.5 Å². The number of hydrogen-bond acceptors (Lipinski definition) is 12. The number of hydrogen-bond donors (Lipinski definition) is 3. The lowest BCUT2D eigenvalue weighted by Crippen LogP contribution is -2.50. The van der Waals surface area contributed by atoms with Crippen molar-refractivity contribution in [2.24, 2.45) is 5.14 Å². The summed E-state index contributed by atoms with van der Waals surface area (Å²) < 4.78 is 38.2. The van der Waals surface area contributed by atoms with Gasteiger partial charge in [0.1, 0.15) is 5.69 Å². The zero-order valence-electron chi connectivity index (χ0n) is 21.7. The third kappa shape index (κ3) is 6.26. The fourth-order valence-electron chi connectivity index (χ4n) is 3.91. The number of amides is 3. The fourth-order valence-corrected chi connectivity index (χ4v) is 5.48. The first-order valence-electron chi connectivity index (χ1n) is 12.0. The number of rotatable bonds is 8. The highest BCUT2D eigenvalue weighted by Gasteiger charge is 2.25. The molecule has 0 unspecified atom stereocenters. The third-order valence-electron chi connectivity index (χ3n) is 5.93. The first-order chi connectivity index (χ1) is 19.5. The summed E-state index contributed by atoms with van der Waals surface area (Å²) in [6.45, 7) is 2.28. The molecule has 1 aliphatic heterocycles. The number of nitrogens with zero attached hydrogens (tertiary/aromatic N) is 7. The SMILES string of the molecule is Cc1nc(N(C)Cc2ccc(N3CCC(=O)NC3=O)nn2)sc1-c1nc(Nc2cccc(S(N)(=O)=O)c2)ncc1F. The van der Waals surface area contributed by atoms with Gasteiger partial charge < -0.3 is 10.2 Å². The largest absolute Gasteiger partial charge is 0.345 e. The summed E-state index contributed by atoms with van der Waals surface area (Å²) in [5.41, 5.74) is 1.53. The number of nitrogens with one attached hydrogen (secondary N) is 2. The van der Waals surface area contributed by atoms with Gasteiger partial charge in [0, 0.05) is 25.7 Å². The molecule has 1 aromatic carbocycles. The van der Waals surface area contributed by atoms with Crippen LogP contribution in [0.15, 0.2) is 47.5 Å². The fraction of sp³-hybridized carbons (Fsp3) is 0.208. The number of nitrogens with two attached hydrogens (primary N) is 1. The van der Waals surface area contributed by atoms with E-state index in [1.807, 2.05) is 4.90 Å². The Labute approximate surface area is 237 Å². The van der Waals surface area contributed by atoms with Crippen LogP contribution >= 0.6 is 11.3 Å². The van der Waals surface area contributed by atoms with Crippen LogP contribution in [0.5, 0.6) is 0 Å². The van der Waals surface area contributed by atoms with Crippen molar-refractivity contribution in [2.45, 2.75) is 24.8 Å². The summed E-state index contributed by atoms with van der Waals surface area (Å²) in [5.74, 6) is -0.605. The lowest BCUT2D eigenvalue weighted by Gasteiger charge is -2.25. The average molecular weight is 599 g/mol. The van der Waals surface area contributed by atoms with Gasteiger partial charge in [0.15, 0.2) is 16.8 Å². The van der Waals surface area contributed by atoms with Crippen LogP contribution in [0, 0.1) is 12.7 Å². The second kappa shape index (κ2) is 11.1. The van der Waals surface area contributed by atoms with E-state index in [-0.39, 0.29) is 35.4 Å². The summed E-state index contributed by atoms with van der Waals surface area (Å²) in [5, 5.41) is 19.2. The van der Waals surface area contributed by atoms with E-state index >= 15 is 0 Å². The van der Waals surface area contributed by atoms with E-state index in [0.717, 1.165) is 6.20 Å². The maximum Gasteiger partial charge on any atom is 0.329 e. The molecule has 5 rings (SSSR count). The molecule has 0 bridgehead atoms. The van der Waals surface area contributed by atoms with Gasteiger partial charge in [-0.3, -0.25) is 15.0 Å². The van der Waals surface area contributed by atoms with Crippen molar-refractivity contribution in [2.75, 3.05) is 28.7 Å². The highest BCUT2D eigenvalue weighted by molar-refractivity contribution is 7.89. The number of thiazole rings is 1. The molecule has 14 nitrogen and oxygen atoms in total. The van der Waals surface area contributed by atoms with Crippen LogP contribution in [0.4, 0.5) is 31.8 Å². The second-order valence-corrected chi connectivity index (χ2v) is 11.5. The first kappa shape index (κ1) is 27.9. The Morgan fingerprint density at radius 2 is 2.00 bits per heavy atom. The van der Waals surface area contributed by atoms with Crippen LogP contribution in [0.2, 0.25) is 0 Å². The number of urea groups is 1. The highest BCUT2D eigenvalue weighted by atomic mass is 32.2.